The van der Waals surface area contributed by atoms with Crippen LogP contribution in [0.3, 0.4) is 0 Å². The van der Waals surface area contributed by atoms with E-state index in [2.05, 4.69) is 19.2 Å². The molecule has 1 atom stereocenters. The lowest BCUT2D eigenvalue weighted by molar-refractivity contribution is 0.145. The van der Waals surface area contributed by atoms with Gasteiger partial charge >= 0.3 is 0 Å². The second-order valence-electron chi connectivity index (χ2n) is 3.16. The molecule has 0 aliphatic carbocycles. The largest absolute Gasteiger partial charge is 0.380 e. The standard InChI is InChI=1S/C9H20ClNO/c1-4-12-6-5-11-9(7-10)8(2)3/h8-9,11H,4-7H2,1-3H3. The van der Waals surface area contributed by atoms with Crippen LogP contribution in [0.2, 0.25) is 0 Å². The molecule has 0 aromatic rings. The van der Waals surface area contributed by atoms with E-state index in [0.717, 1.165) is 19.8 Å². The van der Waals surface area contributed by atoms with Gasteiger partial charge in [-0.1, -0.05) is 13.8 Å². The van der Waals surface area contributed by atoms with Crippen LogP contribution in [0, 0.1) is 5.92 Å². The van der Waals surface area contributed by atoms with Gasteiger partial charge in [-0.05, 0) is 12.8 Å². The van der Waals surface area contributed by atoms with Crippen LogP contribution in [0.15, 0.2) is 0 Å². The Hall–Kier alpha value is 0.210. The number of ether oxygens (including phenoxy) is 1. The lowest BCUT2D eigenvalue weighted by Crippen LogP contribution is -2.37. The summed E-state index contributed by atoms with van der Waals surface area (Å²) in [5, 5.41) is 3.35. The van der Waals surface area contributed by atoms with Gasteiger partial charge in [0.2, 0.25) is 0 Å². The Bertz CT molecular complexity index is 98.5. The van der Waals surface area contributed by atoms with Crippen molar-refractivity contribution in [3.05, 3.63) is 0 Å². The van der Waals surface area contributed by atoms with Gasteiger partial charge in [-0.2, -0.15) is 0 Å². The first-order valence-electron chi connectivity index (χ1n) is 4.59. The highest BCUT2D eigenvalue weighted by atomic mass is 35.5. The predicted octanol–water partition coefficient (Wildman–Crippen LogP) is 1.88. The quantitative estimate of drug-likeness (QED) is 0.493. The maximum atomic E-state index is 5.77. The summed E-state index contributed by atoms with van der Waals surface area (Å²) in [4.78, 5) is 0. The molecule has 0 fully saturated rings. The van der Waals surface area contributed by atoms with Crippen molar-refractivity contribution in [1.82, 2.24) is 5.32 Å². The van der Waals surface area contributed by atoms with Crippen molar-refractivity contribution in [3.8, 4) is 0 Å². The van der Waals surface area contributed by atoms with Crippen LogP contribution in [0.5, 0.6) is 0 Å². The Balaban J connectivity index is 3.32. The molecule has 0 heterocycles. The second kappa shape index (κ2) is 7.84. The van der Waals surface area contributed by atoms with Crippen molar-refractivity contribution in [1.29, 1.82) is 0 Å². The fourth-order valence-corrected chi connectivity index (χ4v) is 1.39. The van der Waals surface area contributed by atoms with Crippen molar-refractivity contribution in [3.63, 3.8) is 0 Å². The smallest absolute Gasteiger partial charge is 0.0590 e. The van der Waals surface area contributed by atoms with E-state index in [-0.39, 0.29) is 0 Å². The number of alkyl halides is 1. The molecule has 0 aromatic carbocycles. The molecule has 0 rings (SSSR count). The van der Waals surface area contributed by atoms with Crippen LogP contribution >= 0.6 is 11.6 Å². The van der Waals surface area contributed by atoms with Gasteiger partial charge in [-0.15, -0.1) is 11.6 Å². The van der Waals surface area contributed by atoms with E-state index in [1.807, 2.05) is 6.92 Å². The molecule has 74 valence electrons. The fourth-order valence-electron chi connectivity index (χ4n) is 0.929. The zero-order valence-corrected chi connectivity index (χ0v) is 9.03. The molecule has 3 heteroatoms. The van der Waals surface area contributed by atoms with E-state index in [4.69, 9.17) is 16.3 Å². The summed E-state index contributed by atoms with van der Waals surface area (Å²) >= 11 is 5.77. The lowest BCUT2D eigenvalue weighted by Gasteiger charge is -2.19. The first-order chi connectivity index (χ1) is 5.72. The first kappa shape index (κ1) is 12.2. The molecule has 0 aliphatic heterocycles. The van der Waals surface area contributed by atoms with Crippen LogP contribution in [0.1, 0.15) is 20.8 Å². The molecular formula is C9H20ClNO. The Morgan fingerprint density at radius 3 is 2.50 bits per heavy atom. The summed E-state index contributed by atoms with van der Waals surface area (Å²) in [5.41, 5.74) is 0. The van der Waals surface area contributed by atoms with E-state index in [1.165, 1.54) is 0 Å². The topological polar surface area (TPSA) is 21.3 Å². The molecule has 0 radical (unpaired) electrons. The summed E-state index contributed by atoms with van der Waals surface area (Å²) in [6.45, 7) is 8.79. The highest BCUT2D eigenvalue weighted by molar-refractivity contribution is 6.18. The number of hydrogen-bond donors (Lipinski definition) is 1. The van der Waals surface area contributed by atoms with Crippen LogP contribution in [-0.4, -0.2) is 31.7 Å². The van der Waals surface area contributed by atoms with E-state index in [9.17, 15) is 0 Å². The van der Waals surface area contributed by atoms with Gasteiger partial charge < -0.3 is 10.1 Å². The second-order valence-corrected chi connectivity index (χ2v) is 3.46. The zero-order chi connectivity index (χ0) is 9.40. The third-order valence-electron chi connectivity index (χ3n) is 1.83. The first-order valence-corrected chi connectivity index (χ1v) is 5.12. The van der Waals surface area contributed by atoms with Crippen LogP contribution < -0.4 is 5.32 Å². The zero-order valence-electron chi connectivity index (χ0n) is 8.27. The van der Waals surface area contributed by atoms with E-state index in [1.54, 1.807) is 0 Å². The van der Waals surface area contributed by atoms with Gasteiger partial charge in [0, 0.05) is 25.1 Å². The minimum absolute atomic E-state index is 0.409. The summed E-state index contributed by atoms with van der Waals surface area (Å²) in [6.07, 6.45) is 0. The summed E-state index contributed by atoms with van der Waals surface area (Å²) in [6, 6.07) is 0.409. The Kier molecular flexibility index (Phi) is 7.98. The molecular weight excluding hydrogens is 174 g/mol. The van der Waals surface area contributed by atoms with Crippen LogP contribution in [0.4, 0.5) is 0 Å². The van der Waals surface area contributed by atoms with Gasteiger partial charge in [0.25, 0.3) is 0 Å². The Morgan fingerprint density at radius 1 is 1.42 bits per heavy atom. The van der Waals surface area contributed by atoms with E-state index >= 15 is 0 Å². The molecule has 2 nitrogen and oxygen atoms in total. The molecule has 0 aromatic heterocycles. The minimum Gasteiger partial charge on any atom is -0.380 e. The molecule has 0 bridgehead atoms. The highest BCUT2D eigenvalue weighted by Gasteiger charge is 2.09. The molecule has 1 N–H and O–H groups in total. The van der Waals surface area contributed by atoms with Crippen LogP contribution in [-0.2, 0) is 4.74 Å². The Labute approximate surface area is 80.6 Å². The summed E-state index contributed by atoms with van der Waals surface area (Å²) in [7, 11) is 0. The molecule has 1 unspecified atom stereocenters. The van der Waals surface area contributed by atoms with Gasteiger partial charge in [0.05, 0.1) is 6.61 Å². The predicted molar refractivity (Wildman–Crippen MR) is 53.8 cm³/mol. The maximum absolute atomic E-state index is 5.77. The van der Waals surface area contributed by atoms with E-state index < -0.39 is 0 Å². The molecule has 0 saturated heterocycles. The third-order valence-corrected chi connectivity index (χ3v) is 2.16. The van der Waals surface area contributed by atoms with Crippen LogP contribution in [0.25, 0.3) is 0 Å². The average Bonchev–Trinajstić information content (AvgIpc) is 2.04. The van der Waals surface area contributed by atoms with Gasteiger partial charge in [-0.25, -0.2) is 0 Å². The average molecular weight is 194 g/mol. The van der Waals surface area contributed by atoms with Crippen molar-refractivity contribution >= 4 is 11.6 Å². The third kappa shape index (κ3) is 5.81. The van der Waals surface area contributed by atoms with E-state index in [0.29, 0.717) is 17.8 Å². The number of halogens is 1. The number of rotatable bonds is 7. The normalized spacial score (nSPS) is 13.8. The van der Waals surface area contributed by atoms with Gasteiger partial charge in [0.1, 0.15) is 0 Å². The van der Waals surface area contributed by atoms with Crippen molar-refractivity contribution in [2.45, 2.75) is 26.8 Å². The summed E-state index contributed by atoms with van der Waals surface area (Å²) in [5.74, 6) is 1.26. The molecule has 0 amide bonds. The Morgan fingerprint density at radius 2 is 2.08 bits per heavy atom. The van der Waals surface area contributed by atoms with Crippen molar-refractivity contribution < 1.29 is 4.74 Å². The molecule has 0 spiro atoms. The fraction of sp³-hybridized carbons (Fsp3) is 1.00. The maximum Gasteiger partial charge on any atom is 0.0590 e. The van der Waals surface area contributed by atoms with Crippen molar-refractivity contribution in [2.75, 3.05) is 25.6 Å². The molecule has 0 aliphatic rings. The monoisotopic (exact) mass is 193 g/mol. The lowest BCUT2D eigenvalue weighted by atomic mass is 10.1. The minimum atomic E-state index is 0.409. The number of nitrogens with one attached hydrogen (secondary N) is 1. The SMILES string of the molecule is CCOCCNC(CCl)C(C)C. The van der Waals surface area contributed by atoms with Crippen molar-refractivity contribution in [2.24, 2.45) is 5.92 Å². The highest BCUT2D eigenvalue weighted by Crippen LogP contribution is 2.02. The number of hydrogen-bond acceptors (Lipinski definition) is 2. The molecule has 0 saturated carbocycles. The summed E-state index contributed by atoms with van der Waals surface area (Å²) < 4.78 is 5.20. The molecule has 12 heavy (non-hydrogen) atoms. The van der Waals surface area contributed by atoms with Gasteiger partial charge in [0.15, 0.2) is 0 Å². The van der Waals surface area contributed by atoms with Gasteiger partial charge in [-0.3, -0.25) is 0 Å².